The smallest absolute Gasteiger partial charge is 0.441 e. The number of nitrogens with one attached hydrogen (secondary N) is 1. The number of hydrogen-bond donors (Lipinski definition) is 1. The topological polar surface area (TPSA) is 107 Å². The summed E-state index contributed by atoms with van der Waals surface area (Å²) in [5, 5.41) is -6.34. The zero-order valence-corrected chi connectivity index (χ0v) is 13.2. The zero-order chi connectivity index (χ0) is 20.6. The second-order valence-corrected chi connectivity index (χ2v) is 7.89. The second-order valence-electron chi connectivity index (χ2n) is 4.21. The third-order valence-corrected chi connectivity index (χ3v) is 5.35. The van der Waals surface area contributed by atoms with E-state index in [1.54, 1.807) is 0 Å². The summed E-state index contributed by atoms with van der Waals surface area (Å²) in [4.78, 5) is 10.9. The Morgan fingerprint density at radius 2 is 1.36 bits per heavy atom. The molecule has 0 aromatic heterocycles. The number of ether oxygens (including phenoxy) is 1. The number of carbonyl (C=O) groups excluding carboxylic acids is 1. The summed E-state index contributed by atoms with van der Waals surface area (Å²) in [6, 6.07) is 0. The van der Waals surface area contributed by atoms with Crippen molar-refractivity contribution >= 4 is 26.0 Å². The summed E-state index contributed by atoms with van der Waals surface area (Å²) in [5.41, 5.74) is -7.32. The van der Waals surface area contributed by atoms with Crippen LogP contribution in [0.3, 0.4) is 0 Å². The van der Waals surface area contributed by atoms with Crippen molar-refractivity contribution in [3.05, 3.63) is 12.2 Å². The minimum atomic E-state index is -7.17. The van der Waals surface area contributed by atoms with E-state index in [2.05, 4.69) is 11.3 Å². The van der Waals surface area contributed by atoms with E-state index in [1.165, 1.54) is 0 Å². The van der Waals surface area contributed by atoms with E-state index in [9.17, 15) is 56.8 Å². The summed E-state index contributed by atoms with van der Waals surface area (Å²) in [7, 11) is -14.2. The average Bonchev–Trinajstić information content (AvgIpc) is 2.30. The van der Waals surface area contributed by atoms with Crippen molar-refractivity contribution in [2.75, 3.05) is 0 Å². The molecule has 1 unspecified atom stereocenters. The Hall–Kier alpha value is -1.49. The van der Waals surface area contributed by atoms with Crippen LogP contribution in [0.15, 0.2) is 12.2 Å². The second kappa shape index (κ2) is 6.67. The fraction of sp³-hybridized carbons (Fsp3) is 0.625. The van der Waals surface area contributed by atoms with E-state index in [0.29, 0.717) is 6.92 Å². The fourth-order valence-corrected chi connectivity index (χ4v) is 3.36. The van der Waals surface area contributed by atoms with Crippen molar-refractivity contribution in [1.29, 1.82) is 0 Å². The van der Waals surface area contributed by atoms with Gasteiger partial charge in [-0.1, -0.05) is 10.7 Å². The lowest BCUT2D eigenvalue weighted by Crippen LogP contribution is -2.57. The molecule has 1 N–H and O–H groups in total. The molecule has 0 aliphatic heterocycles. The van der Waals surface area contributed by atoms with Gasteiger partial charge in [0, 0.05) is 5.57 Å². The predicted octanol–water partition coefficient (Wildman–Crippen LogP) is 1.40. The molecule has 0 bridgehead atoms. The molecule has 17 heteroatoms. The summed E-state index contributed by atoms with van der Waals surface area (Å²) in [5.74, 6) is -2.16. The number of halogens is 8. The molecule has 0 heterocycles. The lowest BCUT2D eigenvalue weighted by Gasteiger charge is -2.28. The molecule has 0 radical (unpaired) electrons. The van der Waals surface area contributed by atoms with Crippen molar-refractivity contribution in [3.8, 4) is 0 Å². The largest absolute Gasteiger partial charge is 0.512 e. The van der Waals surface area contributed by atoms with Gasteiger partial charge in [-0.25, -0.2) is 21.6 Å². The number of carbonyl (C=O) groups is 1. The maximum absolute atomic E-state index is 13.6. The molecule has 0 amide bonds. The van der Waals surface area contributed by atoms with Gasteiger partial charge in [0.2, 0.25) is 0 Å². The van der Waals surface area contributed by atoms with E-state index in [-0.39, 0.29) is 0 Å². The first-order valence-corrected chi connectivity index (χ1v) is 8.29. The Balaban J connectivity index is 6.10. The van der Waals surface area contributed by atoms with Crippen molar-refractivity contribution in [2.45, 2.75) is 30.0 Å². The van der Waals surface area contributed by atoms with Gasteiger partial charge in [0.15, 0.2) is 0 Å². The molecule has 0 rings (SSSR count). The van der Waals surface area contributed by atoms with Gasteiger partial charge in [-0.2, -0.15) is 35.1 Å². The van der Waals surface area contributed by atoms with Gasteiger partial charge >= 0.3 is 32.9 Å². The average molecular weight is 429 g/mol. The molecular weight excluding hydrogens is 422 g/mol. The van der Waals surface area contributed by atoms with Gasteiger partial charge in [-0.3, -0.25) is 0 Å². The Labute approximate surface area is 134 Å². The minimum absolute atomic E-state index is 0.576. The van der Waals surface area contributed by atoms with Gasteiger partial charge in [-0.05, 0) is 6.92 Å². The van der Waals surface area contributed by atoms with E-state index in [4.69, 9.17) is 0 Å². The number of rotatable bonds is 6. The van der Waals surface area contributed by atoms with Crippen LogP contribution in [0.25, 0.3) is 0 Å². The van der Waals surface area contributed by atoms with Gasteiger partial charge in [0.1, 0.15) is 0 Å². The molecular formula is C8H7F8NO6S2. The molecule has 1 atom stereocenters. The highest BCUT2D eigenvalue weighted by Gasteiger charge is 2.68. The van der Waals surface area contributed by atoms with Crippen LogP contribution in [0.1, 0.15) is 6.92 Å². The molecule has 0 aromatic rings. The molecule has 148 valence electrons. The van der Waals surface area contributed by atoms with Crippen LogP contribution in [0.4, 0.5) is 35.1 Å². The SMILES string of the molecule is C=C(C)C(=O)OC(C(F)(F)F)C(F)(F)S(=O)(=O)NS(=O)(=O)C(F)(F)F. The Bertz CT molecular complexity index is 750. The maximum atomic E-state index is 13.6. The van der Waals surface area contributed by atoms with Crippen LogP contribution >= 0.6 is 0 Å². The highest BCUT2D eigenvalue weighted by Crippen LogP contribution is 2.39. The summed E-state index contributed by atoms with van der Waals surface area (Å²) in [6.45, 7) is 3.42. The monoisotopic (exact) mass is 429 g/mol. The van der Waals surface area contributed by atoms with Crippen molar-refractivity contribution in [2.24, 2.45) is 0 Å². The highest BCUT2D eigenvalue weighted by molar-refractivity contribution is 8.05. The van der Waals surface area contributed by atoms with Crippen LogP contribution in [-0.4, -0.2) is 45.8 Å². The zero-order valence-electron chi connectivity index (χ0n) is 11.6. The minimum Gasteiger partial charge on any atom is -0.441 e. The molecule has 0 spiro atoms. The van der Waals surface area contributed by atoms with Gasteiger partial charge in [0.05, 0.1) is 0 Å². The van der Waals surface area contributed by atoms with Crippen molar-refractivity contribution in [1.82, 2.24) is 4.13 Å². The normalized spacial score (nSPS) is 15.6. The molecule has 0 saturated carbocycles. The Morgan fingerprint density at radius 1 is 0.960 bits per heavy atom. The summed E-state index contributed by atoms with van der Waals surface area (Å²) < 4.78 is 147. The summed E-state index contributed by atoms with van der Waals surface area (Å²) >= 11 is 0. The first kappa shape index (κ1) is 23.5. The van der Waals surface area contributed by atoms with Crippen molar-refractivity contribution in [3.63, 3.8) is 0 Å². The van der Waals surface area contributed by atoms with E-state index < -0.39 is 58.8 Å². The lowest BCUT2D eigenvalue weighted by atomic mass is 10.3. The van der Waals surface area contributed by atoms with Crippen LogP contribution < -0.4 is 4.13 Å². The van der Waals surface area contributed by atoms with E-state index >= 15 is 0 Å². The van der Waals surface area contributed by atoms with Gasteiger partial charge < -0.3 is 4.74 Å². The number of alkyl halides is 8. The molecule has 0 saturated heterocycles. The standard InChI is InChI=1S/C8H7F8NO6S2/c1-3(2)4(18)23-5(6(9,10)11)7(12,13)24(19,20)17-25(21,22)8(14,15)16/h5,17H,1H2,2H3. The van der Waals surface area contributed by atoms with Crippen LogP contribution in [0.5, 0.6) is 0 Å². The first-order chi connectivity index (χ1) is 10.7. The Kier molecular flexibility index (Phi) is 6.27. The van der Waals surface area contributed by atoms with E-state index in [1.807, 2.05) is 0 Å². The van der Waals surface area contributed by atoms with Crippen molar-refractivity contribution < 1.29 is 61.5 Å². The molecule has 0 aliphatic carbocycles. The van der Waals surface area contributed by atoms with Crippen LogP contribution in [-0.2, 0) is 29.6 Å². The predicted molar refractivity (Wildman–Crippen MR) is 62.7 cm³/mol. The third kappa shape index (κ3) is 5.24. The number of sulfonamides is 2. The Morgan fingerprint density at radius 3 is 1.64 bits per heavy atom. The van der Waals surface area contributed by atoms with Crippen LogP contribution in [0.2, 0.25) is 0 Å². The van der Waals surface area contributed by atoms with Gasteiger partial charge in [0.25, 0.3) is 16.1 Å². The lowest BCUT2D eigenvalue weighted by molar-refractivity contribution is -0.256. The molecule has 0 aliphatic rings. The molecule has 7 nitrogen and oxygen atoms in total. The fourth-order valence-electron chi connectivity index (χ4n) is 0.922. The first-order valence-electron chi connectivity index (χ1n) is 5.32. The molecule has 0 aromatic carbocycles. The maximum Gasteiger partial charge on any atom is 0.512 e. The summed E-state index contributed by atoms with van der Waals surface area (Å²) in [6.07, 6.45) is -11.1. The quantitative estimate of drug-likeness (QED) is 0.389. The number of hydrogen-bond acceptors (Lipinski definition) is 6. The molecule has 25 heavy (non-hydrogen) atoms. The number of esters is 1. The van der Waals surface area contributed by atoms with E-state index in [0.717, 1.165) is 0 Å². The third-order valence-electron chi connectivity index (χ3n) is 2.06. The van der Waals surface area contributed by atoms with Gasteiger partial charge in [-0.15, -0.1) is 0 Å². The van der Waals surface area contributed by atoms with Crippen LogP contribution in [0, 0.1) is 0 Å². The highest BCUT2D eigenvalue weighted by atomic mass is 32.3. The molecule has 0 fully saturated rings.